The van der Waals surface area contributed by atoms with E-state index < -0.39 is 0 Å². The van der Waals surface area contributed by atoms with Crippen LogP contribution in [0.25, 0.3) is 0 Å². The van der Waals surface area contributed by atoms with E-state index in [4.69, 9.17) is 4.74 Å². The molecule has 1 aromatic rings. The van der Waals surface area contributed by atoms with Crippen LogP contribution in [-0.4, -0.2) is 17.2 Å². The SMILES string of the molecule is Cc1cc(Br)ccc1NC1CC(C)(C)OC1(C)C. The summed E-state index contributed by atoms with van der Waals surface area (Å²) in [6.07, 6.45) is 1.02. The second-order valence-electron chi connectivity index (χ2n) is 6.33. The normalized spacial score (nSPS) is 25.1. The molecule has 0 amide bonds. The number of hydrogen-bond donors (Lipinski definition) is 1. The van der Waals surface area contributed by atoms with E-state index in [-0.39, 0.29) is 11.2 Å². The fourth-order valence-electron chi connectivity index (χ4n) is 2.76. The van der Waals surface area contributed by atoms with E-state index >= 15 is 0 Å². The van der Waals surface area contributed by atoms with E-state index in [1.807, 2.05) is 0 Å². The summed E-state index contributed by atoms with van der Waals surface area (Å²) >= 11 is 3.50. The Labute approximate surface area is 118 Å². The molecule has 1 aliphatic rings. The molecule has 1 unspecified atom stereocenters. The molecule has 1 saturated heterocycles. The number of aryl methyl sites for hydroxylation is 1. The van der Waals surface area contributed by atoms with Gasteiger partial charge in [-0.15, -0.1) is 0 Å². The summed E-state index contributed by atoms with van der Waals surface area (Å²) in [6, 6.07) is 6.67. The van der Waals surface area contributed by atoms with Gasteiger partial charge >= 0.3 is 0 Å². The minimum Gasteiger partial charge on any atom is -0.379 e. The highest BCUT2D eigenvalue weighted by Gasteiger charge is 2.45. The molecule has 1 aliphatic heterocycles. The summed E-state index contributed by atoms with van der Waals surface area (Å²) in [5, 5.41) is 3.64. The molecule has 0 radical (unpaired) electrons. The second-order valence-corrected chi connectivity index (χ2v) is 7.24. The van der Waals surface area contributed by atoms with Gasteiger partial charge in [-0.2, -0.15) is 0 Å². The highest BCUT2D eigenvalue weighted by Crippen LogP contribution is 2.39. The Morgan fingerprint density at radius 1 is 1.28 bits per heavy atom. The third-order valence-electron chi connectivity index (χ3n) is 3.59. The lowest BCUT2D eigenvalue weighted by Crippen LogP contribution is -2.38. The van der Waals surface area contributed by atoms with E-state index in [0.29, 0.717) is 6.04 Å². The maximum absolute atomic E-state index is 6.11. The zero-order valence-corrected chi connectivity index (χ0v) is 13.4. The molecule has 2 nitrogen and oxygen atoms in total. The lowest BCUT2D eigenvalue weighted by atomic mass is 9.94. The van der Waals surface area contributed by atoms with Gasteiger partial charge in [-0.05, 0) is 64.8 Å². The first-order valence-corrected chi connectivity index (χ1v) is 7.22. The van der Waals surface area contributed by atoms with Crippen molar-refractivity contribution in [3.8, 4) is 0 Å². The highest BCUT2D eigenvalue weighted by molar-refractivity contribution is 9.10. The van der Waals surface area contributed by atoms with Crippen molar-refractivity contribution in [2.45, 2.75) is 58.3 Å². The molecule has 1 N–H and O–H groups in total. The maximum Gasteiger partial charge on any atom is 0.0834 e. The summed E-state index contributed by atoms with van der Waals surface area (Å²) in [5.74, 6) is 0. The van der Waals surface area contributed by atoms with E-state index in [9.17, 15) is 0 Å². The minimum atomic E-state index is -0.136. The number of benzene rings is 1. The van der Waals surface area contributed by atoms with Crippen LogP contribution in [0.3, 0.4) is 0 Å². The Bertz CT molecular complexity index is 454. The molecule has 1 fully saturated rings. The van der Waals surface area contributed by atoms with Crippen molar-refractivity contribution in [2.24, 2.45) is 0 Å². The van der Waals surface area contributed by atoms with Gasteiger partial charge in [0.15, 0.2) is 0 Å². The topological polar surface area (TPSA) is 21.3 Å². The maximum atomic E-state index is 6.11. The van der Waals surface area contributed by atoms with Crippen LogP contribution in [0.1, 0.15) is 39.7 Å². The van der Waals surface area contributed by atoms with Gasteiger partial charge < -0.3 is 10.1 Å². The first kappa shape index (κ1) is 13.9. The van der Waals surface area contributed by atoms with Gasteiger partial charge in [0, 0.05) is 10.2 Å². The van der Waals surface area contributed by atoms with Gasteiger partial charge in [0.1, 0.15) is 0 Å². The van der Waals surface area contributed by atoms with Crippen LogP contribution in [0.4, 0.5) is 5.69 Å². The number of ether oxygens (including phenoxy) is 1. The van der Waals surface area contributed by atoms with Crippen molar-refractivity contribution in [3.63, 3.8) is 0 Å². The second kappa shape index (κ2) is 4.53. The molecule has 3 heteroatoms. The summed E-state index contributed by atoms with van der Waals surface area (Å²) in [5.41, 5.74) is 2.26. The van der Waals surface area contributed by atoms with Crippen LogP contribution in [0.2, 0.25) is 0 Å². The van der Waals surface area contributed by atoms with Crippen molar-refractivity contribution in [3.05, 3.63) is 28.2 Å². The molecule has 100 valence electrons. The Balaban J connectivity index is 2.19. The quantitative estimate of drug-likeness (QED) is 0.867. The van der Waals surface area contributed by atoms with Gasteiger partial charge in [-0.1, -0.05) is 15.9 Å². The molecule has 0 aliphatic carbocycles. The molecule has 1 atom stereocenters. The summed E-state index contributed by atoms with van der Waals surface area (Å²) < 4.78 is 7.23. The van der Waals surface area contributed by atoms with Crippen LogP contribution in [0, 0.1) is 6.92 Å². The predicted octanol–water partition coefficient (Wildman–Crippen LogP) is 4.52. The predicted molar refractivity (Wildman–Crippen MR) is 80.1 cm³/mol. The fraction of sp³-hybridized carbons (Fsp3) is 0.600. The first-order valence-electron chi connectivity index (χ1n) is 6.42. The molecule has 0 saturated carbocycles. The highest BCUT2D eigenvalue weighted by atomic mass is 79.9. The Hall–Kier alpha value is -0.540. The lowest BCUT2D eigenvalue weighted by Gasteiger charge is -2.28. The average molecular weight is 312 g/mol. The van der Waals surface area contributed by atoms with Crippen molar-refractivity contribution < 1.29 is 4.74 Å². The summed E-state index contributed by atoms with van der Waals surface area (Å²) in [7, 11) is 0. The third-order valence-corrected chi connectivity index (χ3v) is 4.09. The Morgan fingerprint density at radius 3 is 2.44 bits per heavy atom. The van der Waals surface area contributed by atoms with E-state index in [2.05, 4.69) is 74.1 Å². The largest absolute Gasteiger partial charge is 0.379 e. The third kappa shape index (κ3) is 2.89. The lowest BCUT2D eigenvalue weighted by molar-refractivity contribution is -0.0662. The summed E-state index contributed by atoms with van der Waals surface area (Å²) in [4.78, 5) is 0. The average Bonchev–Trinajstić information content (AvgIpc) is 2.39. The molecular formula is C15H22BrNO. The van der Waals surface area contributed by atoms with Gasteiger partial charge in [0.05, 0.1) is 17.2 Å². The van der Waals surface area contributed by atoms with Crippen LogP contribution >= 0.6 is 15.9 Å². The van der Waals surface area contributed by atoms with Crippen molar-refractivity contribution in [1.82, 2.24) is 0 Å². The zero-order valence-electron chi connectivity index (χ0n) is 11.8. The van der Waals surface area contributed by atoms with E-state index in [0.717, 1.165) is 10.9 Å². The fourth-order valence-corrected chi connectivity index (χ4v) is 3.24. The Morgan fingerprint density at radius 2 is 1.94 bits per heavy atom. The first-order chi connectivity index (χ1) is 8.20. The van der Waals surface area contributed by atoms with E-state index in [1.165, 1.54) is 11.3 Å². The molecule has 0 aromatic heterocycles. The molecular weight excluding hydrogens is 290 g/mol. The standard InChI is InChI=1S/C15H22BrNO/c1-10-8-11(16)6-7-12(10)17-13-9-14(2,3)18-15(13,4)5/h6-8,13,17H,9H2,1-5H3. The molecule has 0 spiro atoms. The molecule has 0 bridgehead atoms. The minimum absolute atomic E-state index is 0.0512. The molecule has 1 heterocycles. The number of nitrogens with one attached hydrogen (secondary N) is 1. The van der Waals surface area contributed by atoms with E-state index in [1.54, 1.807) is 0 Å². The van der Waals surface area contributed by atoms with Crippen molar-refractivity contribution >= 4 is 21.6 Å². The van der Waals surface area contributed by atoms with Gasteiger partial charge in [-0.25, -0.2) is 0 Å². The van der Waals surface area contributed by atoms with Gasteiger partial charge in [0.25, 0.3) is 0 Å². The smallest absolute Gasteiger partial charge is 0.0834 e. The van der Waals surface area contributed by atoms with Crippen molar-refractivity contribution in [1.29, 1.82) is 0 Å². The number of anilines is 1. The van der Waals surface area contributed by atoms with Gasteiger partial charge in [-0.3, -0.25) is 0 Å². The number of rotatable bonds is 2. The van der Waals surface area contributed by atoms with Crippen LogP contribution in [0.15, 0.2) is 22.7 Å². The monoisotopic (exact) mass is 311 g/mol. The van der Waals surface area contributed by atoms with Crippen LogP contribution in [-0.2, 0) is 4.74 Å². The molecule has 1 aromatic carbocycles. The van der Waals surface area contributed by atoms with Gasteiger partial charge in [0.2, 0.25) is 0 Å². The Kier molecular flexibility index (Phi) is 3.50. The van der Waals surface area contributed by atoms with Crippen LogP contribution in [0.5, 0.6) is 0 Å². The zero-order chi connectivity index (χ0) is 13.6. The molecule has 18 heavy (non-hydrogen) atoms. The number of hydrogen-bond acceptors (Lipinski definition) is 2. The molecule has 2 rings (SSSR count). The van der Waals surface area contributed by atoms with Crippen molar-refractivity contribution in [2.75, 3.05) is 5.32 Å². The van der Waals surface area contributed by atoms with Crippen LogP contribution < -0.4 is 5.32 Å². The summed E-state index contributed by atoms with van der Waals surface area (Å²) in [6.45, 7) is 10.8. The number of halogens is 1.